The SMILES string of the molecule is O=C(COc1ccc(Cl)cc1[N+](=O)[O-])c1ccc(Cl)cc1. The van der Waals surface area contributed by atoms with Gasteiger partial charge in [0, 0.05) is 21.7 Å². The standard InChI is InChI=1S/C14H9Cl2NO4/c15-10-3-1-9(2-4-10)13(18)8-21-14-6-5-11(16)7-12(14)17(19)20/h1-7H,8H2. The molecule has 0 radical (unpaired) electrons. The fourth-order valence-electron chi connectivity index (χ4n) is 1.62. The quantitative estimate of drug-likeness (QED) is 0.470. The molecule has 2 aromatic rings. The summed E-state index contributed by atoms with van der Waals surface area (Å²) in [6, 6.07) is 10.3. The van der Waals surface area contributed by atoms with Crippen LogP contribution in [-0.2, 0) is 0 Å². The van der Waals surface area contributed by atoms with Crippen molar-refractivity contribution in [3.05, 3.63) is 68.2 Å². The molecule has 0 saturated carbocycles. The van der Waals surface area contributed by atoms with Crippen LogP contribution in [0.1, 0.15) is 10.4 Å². The molecule has 0 atom stereocenters. The van der Waals surface area contributed by atoms with E-state index in [0.29, 0.717) is 10.6 Å². The van der Waals surface area contributed by atoms with Crippen LogP contribution < -0.4 is 4.74 Å². The van der Waals surface area contributed by atoms with Gasteiger partial charge in [-0.15, -0.1) is 0 Å². The average molecular weight is 326 g/mol. The summed E-state index contributed by atoms with van der Waals surface area (Å²) in [7, 11) is 0. The summed E-state index contributed by atoms with van der Waals surface area (Å²) in [5.41, 5.74) is 0.127. The van der Waals surface area contributed by atoms with E-state index in [-0.39, 0.29) is 28.8 Å². The lowest BCUT2D eigenvalue weighted by atomic mass is 10.1. The zero-order valence-electron chi connectivity index (χ0n) is 10.6. The number of ether oxygens (including phenoxy) is 1. The second-order valence-electron chi connectivity index (χ2n) is 4.09. The van der Waals surface area contributed by atoms with Crippen LogP contribution in [0.15, 0.2) is 42.5 Å². The molecule has 0 aliphatic rings. The normalized spacial score (nSPS) is 10.2. The Bertz CT molecular complexity index is 686. The topological polar surface area (TPSA) is 69.4 Å². The van der Waals surface area contributed by atoms with Crippen LogP contribution in [-0.4, -0.2) is 17.3 Å². The highest BCUT2D eigenvalue weighted by Crippen LogP contribution is 2.29. The maximum atomic E-state index is 11.9. The first kappa shape index (κ1) is 15.3. The molecule has 0 amide bonds. The maximum absolute atomic E-state index is 11.9. The predicted octanol–water partition coefficient (Wildman–Crippen LogP) is 4.16. The molecule has 0 unspecified atom stereocenters. The molecule has 0 fully saturated rings. The first-order chi connectivity index (χ1) is 9.97. The summed E-state index contributed by atoms with van der Waals surface area (Å²) in [5, 5.41) is 11.6. The third-order valence-corrected chi connectivity index (χ3v) is 3.13. The van der Waals surface area contributed by atoms with Gasteiger partial charge in [-0.3, -0.25) is 14.9 Å². The smallest absolute Gasteiger partial charge is 0.312 e. The Balaban J connectivity index is 2.11. The van der Waals surface area contributed by atoms with Crippen molar-refractivity contribution in [3.8, 4) is 5.75 Å². The minimum absolute atomic E-state index is 0.00767. The predicted molar refractivity (Wildman–Crippen MR) is 79.4 cm³/mol. The molecule has 2 aromatic carbocycles. The molecular formula is C14H9Cl2NO4. The largest absolute Gasteiger partial charge is 0.478 e. The highest BCUT2D eigenvalue weighted by Gasteiger charge is 2.17. The van der Waals surface area contributed by atoms with Crippen LogP contribution in [0, 0.1) is 10.1 Å². The molecule has 0 aliphatic carbocycles. The van der Waals surface area contributed by atoms with Crippen molar-refractivity contribution in [2.75, 3.05) is 6.61 Å². The Morgan fingerprint density at radius 2 is 1.71 bits per heavy atom. The number of ketones is 1. The van der Waals surface area contributed by atoms with Gasteiger partial charge in [0.1, 0.15) is 0 Å². The van der Waals surface area contributed by atoms with E-state index in [1.165, 1.54) is 18.2 Å². The first-order valence-corrected chi connectivity index (χ1v) is 6.58. The lowest BCUT2D eigenvalue weighted by Gasteiger charge is -2.06. The highest BCUT2D eigenvalue weighted by atomic mass is 35.5. The number of nitro groups is 1. The number of Topliss-reactive ketones (excluding diaryl/α,β-unsaturated/α-hetero) is 1. The van der Waals surface area contributed by atoms with Gasteiger partial charge in [-0.2, -0.15) is 0 Å². The third kappa shape index (κ3) is 3.93. The van der Waals surface area contributed by atoms with Gasteiger partial charge in [0.2, 0.25) is 0 Å². The number of rotatable bonds is 5. The lowest BCUT2D eigenvalue weighted by molar-refractivity contribution is -0.385. The van der Waals surface area contributed by atoms with Crippen LogP contribution in [0.2, 0.25) is 10.0 Å². The second-order valence-corrected chi connectivity index (χ2v) is 4.96. The molecule has 7 heteroatoms. The Hall–Kier alpha value is -2.11. The number of hydrogen-bond acceptors (Lipinski definition) is 4. The van der Waals surface area contributed by atoms with Gasteiger partial charge in [0.15, 0.2) is 18.1 Å². The van der Waals surface area contributed by atoms with Gasteiger partial charge in [0.05, 0.1) is 4.92 Å². The minimum atomic E-state index is -0.617. The van der Waals surface area contributed by atoms with Crippen molar-refractivity contribution in [1.82, 2.24) is 0 Å². The van der Waals surface area contributed by atoms with Gasteiger partial charge >= 0.3 is 5.69 Å². The summed E-state index contributed by atoms with van der Waals surface area (Å²) in [6.45, 7) is -0.315. The fourth-order valence-corrected chi connectivity index (χ4v) is 1.91. The molecule has 0 saturated heterocycles. The zero-order chi connectivity index (χ0) is 15.4. The number of nitrogens with zero attached hydrogens (tertiary/aromatic N) is 1. The van der Waals surface area contributed by atoms with Gasteiger partial charge in [-0.1, -0.05) is 23.2 Å². The molecule has 2 rings (SSSR count). The maximum Gasteiger partial charge on any atom is 0.312 e. The molecular weight excluding hydrogens is 317 g/mol. The van der Waals surface area contributed by atoms with E-state index in [0.717, 1.165) is 0 Å². The van der Waals surface area contributed by atoms with Crippen molar-refractivity contribution in [1.29, 1.82) is 0 Å². The van der Waals surface area contributed by atoms with E-state index in [9.17, 15) is 14.9 Å². The summed E-state index contributed by atoms with van der Waals surface area (Å²) < 4.78 is 5.22. The molecule has 0 bridgehead atoms. The fraction of sp³-hybridized carbons (Fsp3) is 0.0714. The number of benzene rings is 2. The molecule has 0 heterocycles. The van der Waals surface area contributed by atoms with Gasteiger partial charge in [0.25, 0.3) is 0 Å². The number of hydrogen-bond donors (Lipinski definition) is 0. The minimum Gasteiger partial charge on any atom is -0.478 e. The molecule has 21 heavy (non-hydrogen) atoms. The second kappa shape index (κ2) is 6.56. The van der Waals surface area contributed by atoms with Gasteiger partial charge in [-0.25, -0.2) is 0 Å². The van der Waals surface area contributed by atoms with Crippen LogP contribution in [0.3, 0.4) is 0 Å². The van der Waals surface area contributed by atoms with Crippen LogP contribution in [0.4, 0.5) is 5.69 Å². The number of halogens is 2. The van der Waals surface area contributed by atoms with Crippen molar-refractivity contribution < 1.29 is 14.5 Å². The number of carbonyl (C=O) groups excluding carboxylic acids is 1. The summed E-state index contributed by atoms with van der Waals surface area (Å²) >= 11 is 11.4. The monoisotopic (exact) mass is 325 g/mol. The van der Waals surface area contributed by atoms with E-state index in [4.69, 9.17) is 27.9 Å². The van der Waals surface area contributed by atoms with E-state index < -0.39 is 4.92 Å². The molecule has 108 valence electrons. The number of carbonyl (C=O) groups is 1. The zero-order valence-corrected chi connectivity index (χ0v) is 12.1. The van der Waals surface area contributed by atoms with Gasteiger partial charge in [-0.05, 0) is 36.4 Å². The summed E-state index contributed by atoms with van der Waals surface area (Å²) in [5.74, 6) is -0.317. The van der Waals surface area contributed by atoms with Gasteiger partial charge < -0.3 is 4.74 Å². The molecule has 0 N–H and O–H groups in total. The Morgan fingerprint density at radius 3 is 2.33 bits per heavy atom. The van der Waals surface area contributed by atoms with Crippen molar-refractivity contribution in [2.24, 2.45) is 0 Å². The Labute approximate surface area is 130 Å². The molecule has 0 spiro atoms. The lowest BCUT2D eigenvalue weighted by Crippen LogP contribution is -2.12. The Kier molecular flexibility index (Phi) is 4.77. The first-order valence-electron chi connectivity index (χ1n) is 5.83. The summed E-state index contributed by atoms with van der Waals surface area (Å²) in [4.78, 5) is 22.2. The van der Waals surface area contributed by atoms with Crippen LogP contribution in [0.5, 0.6) is 5.75 Å². The van der Waals surface area contributed by atoms with Crippen LogP contribution >= 0.6 is 23.2 Å². The van der Waals surface area contributed by atoms with E-state index in [2.05, 4.69) is 0 Å². The van der Waals surface area contributed by atoms with Crippen molar-refractivity contribution >= 4 is 34.7 Å². The molecule has 5 nitrogen and oxygen atoms in total. The molecule has 0 aromatic heterocycles. The number of nitro benzene ring substituents is 1. The third-order valence-electron chi connectivity index (χ3n) is 2.64. The Morgan fingerprint density at radius 1 is 1.10 bits per heavy atom. The van der Waals surface area contributed by atoms with Crippen LogP contribution in [0.25, 0.3) is 0 Å². The van der Waals surface area contributed by atoms with Crippen molar-refractivity contribution in [2.45, 2.75) is 0 Å². The van der Waals surface area contributed by atoms with E-state index in [1.54, 1.807) is 24.3 Å². The molecule has 0 aliphatic heterocycles. The van der Waals surface area contributed by atoms with E-state index in [1.807, 2.05) is 0 Å². The average Bonchev–Trinajstić information content (AvgIpc) is 2.46. The van der Waals surface area contributed by atoms with E-state index >= 15 is 0 Å². The van der Waals surface area contributed by atoms with Crippen molar-refractivity contribution in [3.63, 3.8) is 0 Å². The highest BCUT2D eigenvalue weighted by molar-refractivity contribution is 6.31. The summed E-state index contributed by atoms with van der Waals surface area (Å²) in [6.07, 6.45) is 0.